The average molecular weight is 273 g/mol. The van der Waals surface area contributed by atoms with Gasteiger partial charge in [-0.1, -0.05) is 5.16 Å². The second-order valence-electron chi connectivity index (χ2n) is 3.39. The van der Waals surface area contributed by atoms with Crippen LogP contribution in [0.2, 0.25) is 0 Å². The first-order chi connectivity index (χ1) is 8.86. The van der Waals surface area contributed by atoms with Crippen molar-refractivity contribution >= 4 is 5.97 Å². The van der Waals surface area contributed by atoms with E-state index in [1.807, 2.05) is 0 Å². The lowest BCUT2D eigenvalue weighted by Gasteiger charge is -2.00. The summed E-state index contributed by atoms with van der Waals surface area (Å²) < 4.78 is 45.5. The number of carbonyl (C=O) groups excluding carboxylic acids is 1. The first-order valence-corrected chi connectivity index (χ1v) is 4.92. The molecule has 2 heterocycles. The standard InChI is InChI=1S/C10H6F3N3O3/c1-5(17)18-6-2-3-7(14-4-6)8-15-9(19-16-8)10(11,12)13/h2-4H,1H3. The second-order valence-corrected chi connectivity index (χ2v) is 3.39. The van der Waals surface area contributed by atoms with Crippen molar-refractivity contribution in [2.45, 2.75) is 13.1 Å². The molecule has 0 amide bonds. The number of hydrogen-bond acceptors (Lipinski definition) is 6. The van der Waals surface area contributed by atoms with Crippen LogP contribution in [-0.4, -0.2) is 21.1 Å². The molecule has 6 nitrogen and oxygen atoms in total. The fraction of sp³-hybridized carbons (Fsp3) is 0.200. The minimum atomic E-state index is -4.71. The van der Waals surface area contributed by atoms with Gasteiger partial charge in [-0.2, -0.15) is 18.2 Å². The van der Waals surface area contributed by atoms with E-state index >= 15 is 0 Å². The lowest BCUT2D eigenvalue weighted by molar-refractivity contribution is -0.159. The molecule has 0 aliphatic carbocycles. The number of pyridine rings is 1. The van der Waals surface area contributed by atoms with E-state index in [1.54, 1.807) is 0 Å². The molecule has 9 heteroatoms. The number of carbonyl (C=O) groups is 1. The summed E-state index contributed by atoms with van der Waals surface area (Å²) in [5, 5.41) is 3.17. The fourth-order valence-corrected chi connectivity index (χ4v) is 1.18. The van der Waals surface area contributed by atoms with Crippen LogP contribution in [-0.2, 0) is 11.0 Å². The molecule has 0 saturated carbocycles. The van der Waals surface area contributed by atoms with Gasteiger partial charge in [0.05, 0.1) is 6.20 Å². The van der Waals surface area contributed by atoms with Crippen LogP contribution in [0.15, 0.2) is 22.9 Å². The van der Waals surface area contributed by atoms with Crippen LogP contribution in [0, 0.1) is 0 Å². The van der Waals surface area contributed by atoms with E-state index in [-0.39, 0.29) is 17.3 Å². The van der Waals surface area contributed by atoms with E-state index in [1.165, 1.54) is 25.3 Å². The summed E-state index contributed by atoms with van der Waals surface area (Å²) in [7, 11) is 0. The SMILES string of the molecule is CC(=O)Oc1ccc(-c2noc(C(F)(F)F)n2)nc1. The Hall–Kier alpha value is -2.45. The van der Waals surface area contributed by atoms with Crippen molar-refractivity contribution in [2.75, 3.05) is 0 Å². The number of alkyl halides is 3. The lowest BCUT2D eigenvalue weighted by atomic mass is 10.3. The van der Waals surface area contributed by atoms with Crippen LogP contribution in [0.4, 0.5) is 13.2 Å². The zero-order valence-electron chi connectivity index (χ0n) is 9.43. The quantitative estimate of drug-likeness (QED) is 0.779. The number of aromatic nitrogens is 3. The summed E-state index contributed by atoms with van der Waals surface area (Å²) in [5.74, 6) is -2.13. The third kappa shape index (κ3) is 3.06. The van der Waals surface area contributed by atoms with Gasteiger partial charge in [0, 0.05) is 6.92 Å². The average Bonchev–Trinajstić information content (AvgIpc) is 2.78. The van der Waals surface area contributed by atoms with Crippen LogP contribution in [0.1, 0.15) is 12.8 Å². The molecule has 0 aliphatic rings. The zero-order valence-corrected chi connectivity index (χ0v) is 9.43. The number of ether oxygens (including phenoxy) is 1. The Morgan fingerprint density at radius 2 is 2.11 bits per heavy atom. The van der Waals surface area contributed by atoms with Crippen LogP contribution in [0.5, 0.6) is 5.75 Å². The van der Waals surface area contributed by atoms with E-state index in [9.17, 15) is 18.0 Å². The molecule has 0 radical (unpaired) electrons. The van der Waals surface area contributed by atoms with Gasteiger partial charge in [-0.05, 0) is 12.1 Å². The highest BCUT2D eigenvalue weighted by molar-refractivity contribution is 5.69. The summed E-state index contributed by atoms with van der Waals surface area (Å²) in [6, 6.07) is 2.66. The van der Waals surface area contributed by atoms with Gasteiger partial charge in [0.25, 0.3) is 0 Å². The predicted octanol–water partition coefficient (Wildman–Crippen LogP) is 2.08. The van der Waals surface area contributed by atoms with Crippen LogP contribution >= 0.6 is 0 Å². The molecule has 100 valence electrons. The van der Waals surface area contributed by atoms with Gasteiger partial charge in [0.1, 0.15) is 11.4 Å². The Morgan fingerprint density at radius 3 is 2.58 bits per heavy atom. The topological polar surface area (TPSA) is 78.1 Å². The van der Waals surface area contributed by atoms with Crippen molar-refractivity contribution in [3.05, 3.63) is 24.2 Å². The summed E-state index contributed by atoms with van der Waals surface area (Å²) in [4.78, 5) is 17.6. The second kappa shape index (κ2) is 4.67. The van der Waals surface area contributed by atoms with Gasteiger partial charge in [-0.25, -0.2) is 4.98 Å². The molecule has 0 aromatic carbocycles. The number of rotatable bonds is 2. The molecule has 2 aromatic heterocycles. The third-order valence-corrected chi connectivity index (χ3v) is 1.90. The Kier molecular flexibility index (Phi) is 3.19. The molecular formula is C10H6F3N3O3. The van der Waals surface area contributed by atoms with Gasteiger partial charge in [-0.15, -0.1) is 0 Å². The largest absolute Gasteiger partial charge is 0.471 e. The first-order valence-electron chi connectivity index (χ1n) is 4.92. The number of hydrogen-bond donors (Lipinski definition) is 0. The van der Waals surface area contributed by atoms with E-state index in [0.29, 0.717) is 0 Å². The summed E-state index contributed by atoms with van der Waals surface area (Å²) >= 11 is 0. The van der Waals surface area contributed by atoms with Crippen molar-refractivity contribution in [3.8, 4) is 17.3 Å². The lowest BCUT2D eigenvalue weighted by Crippen LogP contribution is -2.05. The predicted molar refractivity (Wildman–Crippen MR) is 53.8 cm³/mol. The molecule has 2 rings (SSSR count). The van der Waals surface area contributed by atoms with Crippen LogP contribution in [0.3, 0.4) is 0 Å². The smallest absolute Gasteiger partial charge is 0.425 e. The number of halogens is 3. The molecule has 0 atom stereocenters. The van der Waals surface area contributed by atoms with Crippen LogP contribution in [0.25, 0.3) is 11.5 Å². The maximum absolute atomic E-state index is 12.3. The molecule has 0 saturated heterocycles. The molecule has 0 aliphatic heterocycles. The first kappa shape index (κ1) is 13.0. The molecule has 0 bridgehead atoms. The number of nitrogens with zero attached hydrogens (tertiary/aromatic N) is 3. The molecule has 0 unspecified atom stereocenters. The highest BCUT2D eigenvalue weighted by atomic mass is 19.4. The van der Waals surface area contributed by atoms with E-state index in [2.05, 4.69) is 19.6 Å². The zero-order chi connectivity index (χ0) is 14.0. The Bertz CT molecular complexity index is 592. The normalized spacial score (nSPS) is 11.4. The van der Waals surface area contributed by atoms with Gasteiger partial charge in [0.2, 0.25) is 5.82 Å². The maximum Gasteiger partial charge on any atom is 0.471 e. The van der Waals surface area contributed by atoms with Crippen molar-refractivity contribution in [3.63, 3.8) is 0 Å². The Morgan fingerprint density at radius 1 is 1.37 bits per heavy atom. The third-order valence-electron chi connectivity index (χ3n) is 1.90. The van der Waals surface area contributed by atoms with Gasteiger partial charge >= 0.3 is 18.0 Å². The minimum Gasteiger partial charge on any atom is -0.425 e. The van der Waals surface area contributed by atoms with Gasteiger partial charge < -0.3 is 9.26 Å². The van der Waals surface area contributed by atoms with E-state index in [0.717, 1.165) is 0 Å². The van der Waals surface area contributed by atoms with Crippen molar-refractivity contribution in [1.82, 2.24) is 15.1 Å². The molecule has 0 N–H and O–H groups in total. The fourth-order valence-electron chi connectivity index (χ4n) is 1.18. The Labute approximate surface area is 104 Å². The van der Waals surface area contributed by atoms with Crippen molar-refractivity contribution < 1.29 is 27.2 Å². The summed E-state index contributed by atoms with van der Waals surface area (Å²) in [6.07, 6.45) is -3.54. The van der Waals surface area contributed by atoms with E-state index < -0.39 is 18.0 Å². The van der Waals surface area contributed by atoms with Crippen molar-refractivity contribution in [1.29, 1.82) is 0 Å². The summed E-state index contributed by atoms with van der Waals surface area (Å²) in [6.45, 7) is 1.21. The molecule has 0 spiro atoms. The highest BCUT2D eigenvalue weighted by Gasteiger charge is 2.38. The molecular weight excluding hydrogens is 267 g/mol. The minimum absolute atomic E-state index is 0.0650. The van der Waals surface area contributed by atoms with Crippen molar-refractivity contribution in [2.24, 2.45) is 0 Å². The number of esters is 1. The monoisotopic (exact) mass is 273 g/mol. The highest BCUT2D eigenvalue weighted by Crippen LogP contribution is 2.29. The van der Waals surface area contributed by atoms with Gasteiger partial charge in [-0.3, -0.25) is 4.79 Å². The summed E-state index contributed by atoms with van der Waals surface area (Å²) in [5.41, 5.74) is 0.0650. The van der Waals surface area contributed by atoms with Gasteiger partial charge in [0.15, 0.2) is 0 Å². The molecule has 19 heavy (non-hydrogen) atoms. The maximum atomic E-state index is 12.3. The van der Waals surface area contributed by atoms with E-state index in [4.69, 9.17) is 4.74 Å². The molecule has 2 aromatic rings. The van der Waals surface area contributed by atoms with Crippen LogP contribution < -0.4 is 4.74 Å². The Balaban J connectivity index is 2.23. The molecule has 0 fully saturated rings.